The van der Waals surface area contributed by atoms with Crippen molar-refractivity contribution < 1.29 is 33.8 Å². The zero-order chi connectivity index (χ0) is 36.7. The molecule has 2 N–H and O–H groups in total. The average Bonchev–Trinajstić information content (AvgIpc) is 3.77. The van der Waals surface area contributed by atoms with Gasteiger partial charge in [0.15, 0.2) is 0 Å². The number of likely N-dealkylation sites (tertiary alicyclic amines) is 1. The van der Waals surface area contributed by atoms with Gasteiger partial charge in [0.1, 0.15) is 17.7 Å². The highest BCUT2D eigenvalue weighted by atomic mass is 16.6. The number of amides is 3. The van der Waals surface area contributed by atoms with Crippen LogP contribution >= 0.6 is 0 Å². The number of hydrogen-bond donors (Lipinski definition) is 2. The lowest BCUT2D eigenvalue weighted by Gasteiger charge is -2.37. The van der Waals surface area contributed by atoms with Crippen LogP contribution in [-0.4, -0.2) is 77.2 Å². The molecule has 51 heavy (non-hydrogen) atoms. The third-order valence-electron chi connectivity index (χ3n) is 10.6. The maximum absolute atomic E-state index is 14.9. The van der Waals surface area contributed by atoms with E-state index in [-0.39, 0.29) is 37.3 Å². The summed E-state index contributed by atoms with van der Waals surface area (Å²) in [6, 6.07) is 13.7. The largest absolute Gasteiger partial charge is 0.455 e. The van der Waals surface area contributed by atoms with Gasteiger partial charge in [-0.25, -0.2) is 0 Å². The summed E-state index contributed by atoms with van der Waals surface area (Å²) in [6.07, 6.45) is 6.59. The first-order valence-electron chi connectivity index (χ1n) is 18.3. The molecule has 0 unspecified atom stereocenters. The molecule has 3 amide bonds. The third kappa shape index (κ3) is 7.82. The molecule has 1 spiro atoms. The third-order valence-corrected chi connectivity index (χ3v) is 10.6. The van der Waals surface area contributed by atoms with Crippen LogP contribution in [0.1, 0.15) is 81.1 Å². The first kappa shape index (κ1) is 38.0. The first-order chi connectivity index (χ1) is 24.6. The highest BCUT2D eigenvalue weighted by Crippen LogP contribution is 2.59. The standard InChI is InChI=1S/C41H53N3O7/c1-6-8-18-33(46)42-29(5)36(30-16-12-11-13-17-30)50-40(49)34-32-21-22-41(51-32)35(34)38(47)44(24-14-9-10-15-25-45)37(41)39(48)43(23-7-2)31-26-27(3)19-20-28(31)4/h6-7,11-13,16-17,19-20,26,29,32,34-37,45H,1-2,8-10,14-15,18,21-25H2,3-5H3,(H,42,46)/t29-,32-,34+,35+,36-,37-,41+/m1/s1. The van der Waals surface area contributed by atoms with E-state index in [1.807, 2.05) is 62.4 Å². The van der Waals surface area contributed by atoms with Crippen LogP contribution < -0.4 is 10.2 Å². The molecule has 274 valence electrons. The minimum atomic E-state index is -1.20. The fourth-order valence-electron chi connectivity index (χ4n) is 8.22. The van der Waals surface area contributed by atoms with Gasteiger partial charge in [-0.3, -0.25) is 19.2 Å². The lowest BCUT2D eigenvalue weighted by molar-refractivity contribution is -0.162. The number of hydrogen-bond acceptors (Lipinski definition) is 7. The molecule has 3 heterocycles. The summed E-state index contributed by atoms with van der Waals surface area (Å²) in [4.78, 5) is 60.0. The summed E-state index contributed by atoms with van der Waals surface area (Å²) in [5.41, 5.74) is 2.17. The first-order valence-corrected chi connectivity index (χ1v) is 18.3. The molecular formula is C41H53N3O7. The number of aliphatic hydroxyl groups is 1. The van der Waals surface area contributed by atoms with E-state index >= 15 is 0 Å². The number of allylic oxidation sites excluding steroid dienone is 1. The number of ether oxygens (including phenoxy) is 2. The van der Waals surface area contributed by atoms with Crippen LogP contribution in [0.15, 0.2) is 73.8 Å². The molecular weight excluding hydrogens is 646 g/mol. The van der Waals surface area contributed by atoms with Gasteiger partial charge >= 0.3 is 5.97 Å². The summed E-state index contributed by atoms with van der Waals surface area (Å²) in [7, 11) is 0. The summed E-state index contributed by atoms with van der Waals surface area (Å²) < 4.78 is 13.0. The van der Waals surface area contributed by atoms with Crippen LogP contribution in [0.5, 0.6) is 0 Å². The van der Waals surface area contributed by atoms with E-state index < -0.39 is 47.7 Å². The van der Waals surface area contributed by atoms with Crippen molar-refractivity contribution in [1.29, 1.82) is 0 Å². The summed E-state index contributed by atoms with van der Waals surface area (Å²) >= 11 is 0. The van der Waals surface area contributed by atoms with Gasteiger partial charge in [0.05, 0.1) is 24.0 Å². The maximum Gasteiger partial charge on any atom is 0.313 e. The predicted octanol–water partition coefficient (Wildman–Crippen LogP) is 5.51. The number of nitrogens with one attached hydrogen (secondary N) is 1. The van der Waals surface area contributed by atoms with Crippen LogP contribution in [0.4, 0.5) is 5.69 Å². The SMILES string of the molecule is C=CCCC(=O)N[C@H](C)[C@@H](OC(=O)[C@@H]1[C@H]2C(=O)N(CCCCCCO)[C@H](C(=O)N(CC=C)c3cc(C)ccc3C)[C@]23CC[C@H]1O3)c1ccccc1. The molecule has 3 aliphatic rings. The smallest absolute Gasteiger partial charge is 0.313 e. The molecule has 10 nitrogen and oxygen atoms in total. The van der Waals surface area contributed by atoms with Gasteiger partial charge in [-0.15, -0.1) is 13.2 Å². The Bertz CT molecular complexity index is 1590. The van der Waals surface area contributed by atoms with Crippen molar-refractivity contribution >= 4 is 29.4 Å². The summed E-state index contributed by atoms with van der Waals surface area (Å²) in [5, 5.41) is 12.3. The molecule has 5 rings (SSSR count). The molecule has 3 aliphatic heterocycles. The number of fused-ring (bicyclic) bond motifs is 1. The van der Waals surface area contributed by atoms with Gasteiger partial charge in [0, 0.05) is 31.8 Å². The molecule has 0 saturated carbocycles. The van der Waals surface area contributed by atoms with Crippen LogP contribution in [-0.2, 0) is 28.7 Å². The number of anilines is 1. The van der Waals surface area contributed by atoms with Crippen LogP contribution in [0.25, 0.3) is 0 Å². The molecule has 0 aromatic heterocycles. The zero-order valence-electron chi connectivity index (χ0n) is 30.2. The second-order valence-electron chi connectivity index (χ2n) is 14.2. The van der Waals surface area contributed by atoms with Crippen molar-refractivity contribution in [3.05, 3.63) is 90.5 Å². The van der Waals surface area contributed by atoms with Gasteiger partial charge in [0.2, 0.25) is 11.8 Å². The Morgan fingerprint density at radius 3 is 2.55 bits per heavy atom. The van der Waals surface area contributed by atoms with E-state index in [1.54, 1.807) is 28.9 Å². The van der Waals surface area contributed by atoms with E-state index in [0.29, 0.717) is 44.2 Å². The number of aliphatic hydroxyl groups excluding tert-OH is 1. The lowest BCUT2D eigenvalue weighted by atomic mass is 9.70. The van der Waals surface area contributed by atoms with Crippen molar-refractivity contribution in [3.8, 4) is 0 Å². The second kappa shape index (κ2) is 16.8. The Morgan fingerprint density at radius 2 is 1.84 bits per heavy atom. The highest BCUT2D eigenvalue weighted by Gasteiger charge is 2.75. The van der Waals surface area contributed by atoms with Crippen molar-refractivity contribution in [1.82, 2.24) is 10.2 Å². The van der Waals surface area contributed by atoms with Crippen molar-refractivity contribution in [2.45, 2.75) is 102 Å². The second-order valence-corrected chi connectivity index (χ2v) is 14.2. The summed E-state index contributed by atoms with van der Waals surface area (Å²) in [5.74, 6) is -3.10. The zero-order valence-corrected chi connectivity index (χ0v) is 30.2. The van der Waals surface area contributed by atoms with E-state index in [2.05, 4.69) is 18.5 Å². The number of aryl methyl sites for hydroxylation is 2. The van der Waals surface area contributed by atoms with Gasteiger partial charge in [-0.1, -0.05) is 67.5 Å². The van der Waals surface area contributed by atoms with E-state index in [9.17, 15) is 24.3 Å². The Kier molecular flexibility index (Phi) is 12.5. The fourth-order valence-corrected chi connectivity index (χ4v) is 8.22. The predicted molar refractivity (Wildman–Crippen MR) is 196 cm³/mol. The number of esters is 1. The summed E-state index contributed by atoms with van der Waals surface area (Å²) in [6.45, 7) is 14.0. The molecule has 7 atom stereocenters. The monoisotopic (exact) mass is 699 g/mol. The number of unbranched alkanes of at least 4 members (excludes halogenated alkanes) is 3. The Morgan fingerprint density at radius 1 is 1.10 bits per heavy atom. The minimum absolute atomic E-state index is 0.0986. The van der Waals surface area contributed by atoms with E-state index in [0.717, 1.165) is 29.7 Å². The highest BCUT2D eigenvalue weighted by molar-refractivity contribution is 6.05. The van der Waals surface area contributed by atoms with Gasteiger partial charge in [0.25, 0.3) is 5.91 Å². The van der Waals surface area contributed by atoms with Crippen molar-refractivity contribution in [2.75, 3.05) is 24.6 Å². The Labute approximate surface area is 301 Å². The van der Waals surface area contributed by atoms with Crippen LogP contribution in [0.3, 0.4) is 0 Å². The van der Waals surface area contributed by atoms with E-state index in [1.165, 1.54) is 0 Å². The quantitative estimate of drug-likeness (QED) is 0.120. The fraction of sp³-hybridized carbons (Fsp3) is 0.512. The minimum Gasteiger partial charge on any atom is -0.455 e. The normalized spacial score (nSPS) is 24.5. The number of carbonyl (C=O) groups excluding carboxylic acids is 4. The Balaban J connectivity index is 1.48. The van der Waals surface area contributed by atoms with Crippen LogP contribution in [0.2, 0.25) is 0 Å². The lowest BCUT2D eigenvalue weighted by Crippen LogP contribution is -2.56. The molecule has 0 radical (unpaired) electrons. The van der Waals surface area contributed by atoms with E-state index in [4.69, 9.17) is 9.47 Å². The molecule has 2 bridgehead atoms. The maximum atomic E-state index is 14.9. The van der Waals surface area contributed by atoms with Crippen molar-refractivity contribution in [2.24, 2.45) is 11.8 Å². The molecule has 2 aromatic rings. The van der Waals surface area contributed by atoms with Gasteiger partial charge < -0.3 is 29.7 Å². The number of carbonyl (C=O) groups is 4. The van der Waals surface area contributed by atoms with Gasteiger partial charge in [-0.05, 0) is 75.6 Å². The van der Waals surface area contributed by atoms with Crippen molar-refractivity contribution in [3.63, 3.8) is 0 Å². The average molecular weight is 700 g/mol. The molecule has 3 saturated heterocycles. The molecule has 2 aromatic carbocycles. The molecule has 3 fully saturated rings. The molecule has 0 aliphatic carbocycles. The number of rotatable bonds is 18. The number of benzene rings is 2. The number of nitrogens with zero attached hydrogens (tertiary/aromatic N) is 2. The Hall–Kier alpha value is -4.28. The topological polar surface area (TPSA) is 125 Å². The molecule has 10 heteroatoms. The van der Waals surface area contributed by atoms with Gasteiger partial charge in [-0.2, -0.15) is 0 Å². The van der Waals surface area contributed by atoms with Crippen LogP contribution in [0, 0.1) is 25.7 Å².